The maximum absolute atomic E-state index is 12.5. The number of imidazole rings is 1. The standard InChI is InChI=1S/C23H30N5O8PS/c1-13(2)21(30)26-23-25-20-19(22(31)27-23)24-12-28(20)18-9-15(29)17(36-18)11-35-37(32,38)34-10-16(33-3)14-7-5-4-6-8-14/h4-8,12-13,15-18,29H,9-11H2,1-3H3,(H,32,38)(H2,25,26,27,30,31)/t15-,16-,17+,18+,37?/m0/s1. The SMILES string of the molecule is CO[C@@H](CO[P+](O)([S-])OC[C@H]1O[C@@H](n2cnc3c(=O)[nH]c(NC(=O)C(C)C)nc32)C[C@@H]1O)c1ccccc1. The number of nitrogens with one attached hydrogen (secondary N) is 2. The summed E-state index contributed by atoms with van der Waals surface area (Å²) in [6.45, 7) is 3.16. The highest BCUT2D eigenvalue weighted by atomic mass is 32.7. The number of fused-ring (bicyclic) bond motifs is 1. The zero-order chi connectivity index (χ0) is 27.4. The Balaban J connectivity index is 1.39. The number of aliphatic hydroxyl groups excluding tert-OH is 1. The lowest BCUT2D eigenvalue weighted by Gasteiger charge is -2.25. The number of ether oxygens (including phenoxy) is 2. The van der Waals surface area contributed by atoms with E-state index < -0.39 is 37.2 Å². The van der Waals surface area contributed by atoms with Gasteiger partial charge in [-0.2, -0.15) is 14.0 Å². The van der Waals surface area contributed by atoms with E-state index in [-0.39, 0.29) is 48.6 Å². The molecule has 5 atom stereocenters. The lowest BCUT2D eigenvalue weighted by Crippen LogP contribution is -2.26. The number of H-pyrrole nitrogens is 1. The molecule has 13 nitrogen and oxygen atoms in total. The molecule has 1 saturated heterocycles. The molecule has 1 amide bonds. The third kappa shape index (κ3) is 6.77. The summed E-state index contributed by atoms with van der Waals surface area (Å²) in [7, 11) is -2.14. The van der Waals surface area contributed by atoms with Gasteiger partial charge in [0.15, 0.2) is 11.2 Å². The van der Waals surface area contributed by atoms with Crippen LogP contribution in [0.2, 0.25) is 0 Å². The van der Waals surface area contributed by atoms with Crippen molar-refractivity contribution in [2.45, 2.75) is 44.8 Å². The molecule has 0 bridgehead atoms. The fourth-order valence-corrected chi connectivity index (χ4v) is 4.93. The number of hydrogen-bond donors (Lipinski definition) is 4. The van der Waals surface area contributed by atoms with Crippen molar-refractivity contribution in [2.75, 3.05) is 25.6 Å². The van der Waals surface area contributed by atoms with Crippen LogP contribution in [0.1, 0.15) is 38.2 Å². The molecule has 2 aromatic heterocycles. The van der Waals surface area contributed by atoms with Crippen molar-refractivity contribution < 1.29 is 33.3 Å². The number of methoxy groups -OCH3 is 1. The first-order valence-electron chi connectivity index (χ1n) is 11.9. The van der Waals surface area contributed by atoms with Gasteiger partial charge in [-0.1, -0.05) is 44.2 Å². The summed E-state index contributed by atoms with van der Waals surface area (Å²) >= 11 is 5.12. The van der Waals surface area contributed by atoms with Crippen LogP contribution in [0.5, 0.6) is 0 Å². The van der Waals surface area contributed by atoms with E-state index >= 15 is 0 Å². The Morgan fingerprint density at radius 1 is 1.34 bits per heavy atom. The first kappa shape index (κ1) is 28.6. The predicted molar refractivity (Wildman–Crippen MR) is 141 cm³/mol. The average molecular weight is 568 g/mol. The first-order valence-corrected chi connectivity index (χ1v) is 14.5. The summed E-state index contributed by atoms with van der Waals surface area (Å²) in [5.74, 6) is -0.654. The van der Waals surface area contributed by atoms with Gasteiger partial charge in [-0.25, -0.2) is 9.88 Å². The zero-order valence-electron chi connectivity index (χ0n) is 21.0. The molecule has 206 valence electrons. The number of amides is 1. The van der Waals surface area contributed by atoms with E-state index in [1.165, 1.54) is 18.0 Å². The van der Waals surface area contributed by atoms with Gasteiger partial charge in [-0.15, -0.1) is 0 Å². The van der Waals surface area contributed by atoms with E-state index in [2.05, 4.69) is 20.3 Å². The molecule has 0 spiro atoms. The summed E-state index contributed by atoms with van der Waals surface area (Å²) < 4.78 is 23.7. The predicted octanol–water partition coefficient (Wildman–Crippen LogP) is 2.00. The molecule has 1 aromatic carbocycles. The van der Waals surface area contributed by atoms with Crippen molar-refractivity contribution in [3.63, 3.8) is 0 Å². The number of anilines is 1. The fraction of sp³-hybridized carbons (Fsp3) is 0.478. The molecule has 1 aliphatic heterocycles. The second-order valence-electron chi connectivity index (χ2n) is 9.01. The van der Waals surface area contributed by atoms with E-state index in [9.17, 15) is 19.6 Å². The minimum Gasteiger partial charge on any atom is -0.459 e. The van der Waals surface area contributed by atoms with Gasteiger partial charge >= 0.3 is 0 Å². The second kappa shape index (κ2) is 12.2. The monoisotopic (exact) mass is 567 g/mol. The molecule has 38 heavy (non-hydrogen) atoms. The quantitative estimate of drug-likeness (QED) is 0.197. The molecule has 0 radical (unpaired) electrons. The summed E-state index contributed by atoms with van der Waals surface area (Å²) in [5.41, 5.74) is 0.549. The fourth-order valence-electron chi connectivity index (χ4n) is 3.83. The second-order valence-corrected chi connectivity index (χ2v) is 11.8. The van der Waals surface area contributed by atoms with E-state index in [1.54, 1.807) is 13.8 Å². The van der Waals surface area contributed by atoms with Crippen LogP contribution in [0.25, 0.3) is 11.2 Å². The summed E-state index contributed by atoms with van der Waals surface area (Å²) in [6.07, 6.45) is -1.49. The first-order chi connectivity index (χ1) is 18.1. The van der Waals surface area contributed by atoms with Crippen molar-refractivity contribution in [2.24, 2.45) is 5.92 Å². The number of benzene rings is 1. The van der Waals surface area contributed by atoms with Crippen molar-refractivity contribution >= 4 is 42.4 Å². The van der Waals surface area contributed by atoms with Crippen molar-refractivity contribution in [1.29, 1.82) is 0 Å². The highest BCUT2D eigenvalue weighted by Crippen LogP contribution is 2.55. The van der Waals surface area contributed by atoms with Crippen molar-refractivity contribution in [3.8, 4) is 0 Å². The van der Waals surface area contributed by atoms with Gasteiger partial charge in [0.2, 0.25) is 11.9 Å². The van der Waals surface area contributed by atoms with E-state index in [1.807, 2.05) is 30.3 Å². The molecule has 0 saturated carbocycles. The van der Waals surface area contributed by atoms with Gasteiger partial charge in [0.05, 0.1) is 12.4 Å². The number of hydrogen-bond acceptors (Lipinski definition) is 11. The minimum atomic E-state index is -3.67. The van der Waals surface area contributed by atoms with Crippen LogP contribution >= 0.6 is 7.15 Å². The van der Waals surface area contributed by atoms with Crippen molar-refractivity contribution in [3.05, 3.63) is 52.6 Å². The largest absolute Gasteiger partial charge is 0.459 e. The Kier molecular flexibility index (Phi) is 9.16. The number of carbonyl (C=O) groups excluding carboxylic acids is 1. The summed E-state index contributed by atoms with van der Waals surface area (Å²) in [5, 5.41) is 13.1. The molecular weight excluding hydrogens is 537 g/mol. The average Bonchev–Trinajstić information content (AvgIpc) is 3.47. The van der Waals surface area contributed by atoms with Gasteiger partial charge < -0.3 is 26.8 Å². The maximum atomic E-state index is 12.5. The summed E-state index contributed by atoms with van der Waals surface area (Å²) in [6, 6.07) is 9.33. The molecule has 1 fully saturated rings. The number of aromatic nitrogens is 4. The van der Waals surface area contributed by atoms with E-state index in [0.717, 1.165) is 5.56 Å². The number of rotatable bonds is 11. The van der Waals surface area contributed by atoms with Gasteiger partial charge in [0, 0.05) is 19.4 Å². The Morgan fingerprint density at radius 3 is 2.76 bits per heavy atom. The van der Waals surface area contributed by atoms with Gasteiger partial charge in [0.25, 0.3) is 12.7 Å². The highest BCUT2D eigenvalue weighted by Gasteiger charge is 2.39. The van der Waals surface area contributed by atoms with Crippen LogP contribution < -0.4 is 10.9 Å². The maximum Gasteiger partial charge on any atom is 0.286 e. The molecular formula is C23H30N5O8PS. The number of aromatic amines is 1. The molecule has 1 aliphatic rings. The van der Waals surface area contributed by atoms with E-state index in [4.69, 9.17) is 30.8 Å². The Bertz CT molecular complexity index is 1300. The molecule has 1 unspecified atom stereocenters. The summed E-state index contributed by atoms with van der Waals surface area (Å²) in [4.78, 5) is 45.9. The van der Waals surface area contributed by atoms with Gasteiger partial charge in [-0.3, -0.25) is 24.5 Å². The van der Waals surface area contributed by atoms with Gasteiger partial charge in [0.1, 0.15) is 31.6 Å². The third-order valence-corrected chi connectivity index (χ3v) is 7.54. The van der Waals surface area contributed by atoms with Crippen LogP contribution in [0.3, 0.4) is 0 Å². The van der Waals surface area contributed by atoms with E-state index in [0.29, 0.717) is 0 Å². The topological polar surface area (TPSA) is 170 Å². The van der Waals surface area contributed by atoms with Gasteiger partial charge in [-0.05, 0) is 5.56 Å². The van der Waals surface area contributed by atoms with Crippen molar-refractivity contribution in [1.82, 2.24) is 19.5 Å². The Morgan fingerprint density at radius 2 is 2.08 bits per heavy atom. The molecule has 3 aromatic rings. The third-order valence-electron chi connectivity index (χ3n) is 5.96. The number of aliphatic hydroxyl groups is 1. The normalized spacial score (nSPS) is 22.0. The van der Waals surface area contributed by atoms with Crippen LogP contribution in [0, 0.1) is 5.92 Å². The highest BCUT2D eigenvalue weighted by molar-refractivity contribution is 8.35. The lowest BCUT2D eigenvalue weighted by molar-refractivity contribution is -0.118. The number of carbonyl (C=O) groups is 1. The van der Waals surface area contributed by atoms with Crippen LogP contribution in [0.4, 0.5) is 5.95 Å². The molecule has 4 N–H and O–H groups in total. The van der Waals surface area contributed by atoms with Crippen LogP contribution in [-0.2, 0) is 35.6 Å². The zero-order valence-corrected chi connectivity index (χ0v) is 22.7. The molecule has 3 heterocycles. The van der Waals surface area contributed by atoms with Crippen LogP contribution in [0.15, 0.2) is 41.5 Å². The minimum absolute atomic E-state index is 0.0237. The lowest BCUT2D eigenvalue weighted by atomic mass is 10.1. The molecule has 15 heteroatoms. The Labute approximate surface area is 224 Å². The smallest absolute Gasteiger partial charge is 0.286 e. The Hall–Kier alpha value is -2.42. The molecule has 0 aliphatic carbocycles. The number of nitrogens with zero attached hydrogens (tertiary/aromatic N) is 3. The molecule has 4 rings (SSSR count). The van der Waals surface area contributed by atoms with Crippen LogP contribution in [-0.4, -0.2) is 68.0 Å².